The van der Waals surface area contributed by atoms with Gasteiger partial charge in [0, 0.05) is 0 Å². The summed E-state index contributed by atoms with van der Waals surface area (Å²) in [6, 6.07) is 3.07. The highest BCUT2D eigenvalue weighted by atomic mass is 16.3. The number of furan rings is 1. The summed E-state index contributed by atoms with van der Waals surface area (Å²) in [5, 5.41) is 0.910. The highest BCUT2D eigenvalue weighted by molar-refractivity contribution is 6.08. The number of carbonyl (C=O) groups is 3. The van der Waals surface area contributed by atoms with Crippen molar-refractivity contribution in [3.63, 3.8) is 0 Å². The van der Waals surface area contributed by atoms with Crippen molar-refractivity contribution in [1.29, 1.82) is 0 Å². The molecule has 23 heavy (non-hydrogen) atoms. The average Bonchev–Trinajstić information content (AvgIpc) is 3.26. The van der Waals surface area contributed by atoms with Gasteiger partial charge in [0.15, 0.2) is 5.76 Å². The summed E-state index contributed by atoms with van der Waals surface area (Å²) in [6.45, 7) is 4.10. The Morgan fingerprint density at radius 3 is 2.26 bits per heavy atom. The van der Waals surface area contributed by atoms with E-state index in [-0.39, 0.29) is 41.2 Å². The number of fused-ring (bicyclic) bond motifs is 5. The minimum atomic E-state index is -0.577. The minimum Gasteiger partial charge on any atom is -0.459 e. The van der Waals surface area contributed by atoms with Gasteiger partial charge in [-0.1, -0.05) is 11.1 Å². The van der Waals surface area contributed by atoms with Gasteiger partial charge in [-0.3, -0.25) is 19.8 Å². The molecule has 1 aromatic heterocycles. The average molecular weight is 314 g/mol. The number of allylic oxidation sites excluding steroid dienone is 2. The number of nitrogens with zero attached hydrogens (tertiary/aromatic N) is 1. The van der Waals surface area contributed by atoms with Gasteiger partial charge >= 0.3 is 5.91 Å². The number of imide groups is 1. The molecule has 1 N–H and O–H groups in total. The number of carbonyl (C=O) groups excluding carboxylic acids is 3. The van der Waals surface area contributed by atoms with Crippen LogP contribution in [-0.2, 0) is 9.59 Å². The number of hydrogen-bond acceptors (Lipinski definition) is 4. The maximum Gasteiger partial charge on any atom is 0.305 e. The lowest BCUT2D eigenvalue weighted by molar-refractivity contribution is -0.143. The molecule has 4 rings (SSSR count). The molecular weight excluding hydrogens is 296 g/mol. The molecule has 0 unspecified atom stereocenters. The number of amides is 3. The fourth-order valence-electron chi connectivity index (χ4n) is 4.67. The third-order valence-corrected chi connectivity index (χ3v) is 5.39. The van der Waals surface area contributed by atoms with Crippen molar-refractivity contribution in [1.82, 2.24) is 10.4 Å². The largest absolute Gasteiger partial charge is 0.459 e. The molecule has 2 aliphatic carbocycles. The smallest absolute Gasteiger partial charge is 0.305 e. The number of nitrogens with one attached hydrogen (secondary N) is 1. The highest BCUT2D eigenvalue weighted by Crippen LogP contribution is 2.59. The first kappa shape index (κ1) is 14.2. The number of rotatable bonds is 2. The second kappa shape index (κ2) is 4.81. The molecule has 0 radical (unpaired) electrons. The van der Waals surface area contributed by atoms with Crippen molar-refractivity contribution in [3.05, 3.63) is 35.3 Å². The van der Waals surface area contributed by atoms with Crippen LogP contribution in [0.25, 0.3) is 0 Å². The molecule has 2 bridgehead atoms. The second-order valence-electron chi connectivity index (χ2n) is 6.73. The van der Waals surface area contributed by atoms with E-state index in [1.54, 1.807) is 6.07 Å². The SMILES string of the molecule is CC(C)=C1[C@H]2CC[C@@H]1[C@@H]1C(=O)N(NC(=O)c3ccco3)C(=O)[C@H]12. The molecule has 0 aromatic carbocycles. The summed E-state index contributed by atoms with van der Waals surface area (Å²) in [5.41, 5.74) is 4.92. The Hall–Kier alpha value is -2.37. The molecule has 3 fully saturated rings. The predicted molar refractivity (Wildman–Crippen MR) is 79.6 cm³/mol. The fourth-order valence-corrected chi connectivity index (χ4v) is 4.67. The first-order chi connectivity index (χ1) is 11.0. The summed E-state index contributed by atoms with van der Waals surface area (Å²) in [4.78, 5) is 37.5. The van der Waals surface area contributed by atoms with Gasteiger partial charge in [0.05, 0.1) is 18.1 Å². The Morgan fingerprint density at radius 1 is 1.17 bits per heavy atom. The molecule has 3 aliphatic rings. The van der Waals surface area contributed by atoms with Crippen molar-refractivity contribution < 1.29 is 18.8 Å². The van der Waals surface area contributed by atoms with Crippen molar-refractivity contribution in [2.75, 3.05) is 0 Å². The van der Waals surface area contributed by atoms with E-state index in [4.69, 9.17) is 4.42 Å². The van der Waals surface area contributed by atoms with E-state index >= 15 is 0 Å². The highest BCUT2D eigenvalue weighted by Gasteiger charge is 2.63. The molecule has 2 heterocycles. The fraction of sp³-hybridized carbons (Fsp3) is 0.471. The Kier molecular flexibility index (Phi) is 2.98. The van der Waals surface area contributed by atoms with E-state index < -0.39 is 5.91 Å². The van der Waals surface area contributed by atoms with E-state index in [0.29, 0.717) is 0 Å². The summed E-state index contributed by atoms with van der Waals surface area (Å²) in [7, 11) is 0. The van der Waals surface area contributed by atoms with Gasteiger partial charge in [-0.05, 0) is 50.7 Å². The Morgan fingerprint density at radius 2 is 1.78 bits per heavy atom. The van der Waals surface area contributed by atoms with Gasteiger partial charge < -0.3 is 4.42 Å². The van der Waals surface area contributed by atoms with Crippen LogP contribution in [0.4, 0.5) is 0 Å². The summed E-state index contributed by atoms with van der Waals surface area (Å²) in [5.74, 6) is -1.40. The first-order valence-electron chi connectivity index (χ1n) is 7.90. The van der Waals surface area contributed by atoms with Gasteiger partial charge in [0.1, 0.15) is 0 Å². The minimum absolute atomic E-state index is 0.0793. The van der Waals surface area contributed by atoms with E-state index in [9.17, 15) is 14.4 Å². The zero-order valence-electron chi connectivity index (χ0n) is 13.0. The molecule has 2 saturated carbocycles. The van der Waals surface area contributed by atoms with Crippen LogP contribution in [0.1, 0.15) is 37.2 Å². The third kappa shape index (κ3) is 1.84. The number of hydrogen-bond donors (Lipinski definition) is 1. The first-order valence-corrected chi connectivity index (χ1v) is 7.90. The predicted octanol–water partition coefficient (Wildman–Crippen LogP) is 1.90. The molecule has 6 nitrogen and oxygen atoms in total. The van der Waals surface area contributed by atoms with Gasteiger partial charge in [-0.15, -0.1) is 0 Å². The van der Waals surface area contributed by atoms with Gasteiger partial charge in [-0.25, -0.2) is 0 Å². The zero-order valence-corrected chi connectivity index (χ0v) is 13.0. The molecule has 0 spiro atoms. The lowest BCUT2D eigenvalue weighted by Crippen LogP contribution is -2.47. The molecule has 3 amide bonds. The van der Waals surface area contributed by atoms with Crippen LogP contribution < -0.4 is 5.43 Å². The van der Waals surface area contributed by atoms with Crippen LogP contribution in [0.2, 0.25) is 0 Å². The zero-order chi connectivity index (χ0) is 16.3. The van der Waals surface area contributed by atoms with E-state index in [0.717, 1.165) is 17.9 Å². The van der Waals surface area contributed by atoms with Crippen molar-refractivity contribution in [3.8, 4) is 0 Å². The van der Waals surface area contributed by atoms with Crippen molar-refractivity contribution >= 4 is 17.7 Å². The molecule has 4 atom stereocenters. The molecule has 1 aromatic rings. The van der Waals surface area contributed by atoms with E-state index in [1.807, 2.05) is 13.8 Å². The van der Waals surface area contributed by atoms with Crippen LogP contribution in [0.15, 0.2) is 34.0 Å². The van der Waals surface area contributed by atoms with Crippen LogP contribution in [-0.4, -0.2) is 22.7 Å². The van der Waals surface area contributed by atoms with E-state index in [2.05, 4.69) is 5.43 Å². The van der Waals surface area contributed by atoms with Crippen LogP contribution >= 0.6 is 0 Å². The molecule has 6 heteroatoms. The second-order valence-corrected chi connectivity index (χ2v) is 6.73. The van der Waals surface area contributed by atoms with Gasteiger partial charge in [0.2, 0.25) is 0 Å². The monoisotopic (exact) mass is 314 g/mol. The van der Waals surface area contributed by atoms with Crippen molar-refractivity contribution in [2.24, 2.45) is 23.7 Å². The molecular formula is C17H18N2O4. The Labute approximate surface area is 133 Å². The Balaban J connectivity index is 1.61. The standard InChI is InChI=1S/C17H18N2O4/c1-8(2)12-9-5-6-10(12)14-13(9)16(21)19(17(14)22)18-15(20)11-4-3-7-23-11/h3-4,7,9-10,13-14H,5-6H2,1-2H3,(H,18,20)/t9-,10+,13-,14-/m0/s1. The normalized spacial score (nSPS) is 31.7. The Bertz CT molecular complexity index is 698. The van der Waals surface area contributed by atoms with Gasteiger partial charge in [-0.2, -0.15) is 5.01 Å². The molecule has 1 saturated heterocycles. The maximum atomic E-state index is 12.7. The molecule has 1 aliphatic heterocycles. The van der Waals surface area contributed by atoms with E-state index in [1.165, 1.54) is 23.5 Å². The summed E-state index contributed by atoms with van der Waals surface area (Å²) >= 11 is 0. The van der Waals surface area contributed by atoms with Crippen LogP contribution in [0.3, 0.4) is 0 Å². The van der Waals surface area contributed by atoms with Crippen molar-refractivity contribution in [2.45, 2.75) is 26.7 Å². The maximum absolute atomic E-state index is 12.7. The van der Waals surface area contributed by atoms with Crippen LogP contribution in [0, 0.1) is 23.7 Å². The lowest BCUT2D eigenvalue weighted by Gasteiger charge is -2.19. The summed E-state index contributed by atoms with van der Waals surface area (Å²) < 4.78 is 5.00. The summed E-state index contributed by atoms with van der Waals surface area (Å²) in [6.07, 6.45) is 3.27. The lowest BCUT2D eigenvalue weighted by atomic mass is 9.81. The topological polar surface area (TPSA) is 79.6 Å². The number of hydrazine groups is 1. The van der Waals surface area contributed by atoms with Gasteiger partial charge in [0.25, 0.3) is 11.8 Å². The molecule has 120 valence electrons. The van der Waals surface area contributed by atoms with Crippen LogP contribution in [0.5, 0.6) is 0 Å². The quantitative estimate of drug-likeness (QED) is 0.668. The third-order valence-electron chi connectivity index (χ3n) is 5.39.